The highest BCUT2D eigenvalue weighted by molar-refractivity contribution is 6.15. The van der Waals surface area contributed by atoms with Crippen LogP contribution < -0.4 is 4.90 Å². The van der Waals surface area contributed by atoms with Crippen LogP contribution in [-0.4, -0.2) is 0 Å². The molecule has 0 radical (unpaired) electrons. The van der Waals surface area contributed by atoms with E-state index in [-0.39, 0.29) is 0 Å². The van der Waals surface area contributed by atoms with Gasteiger partial charge < -0.3 is 13.7 Å². The third-order valence-corrected chi connectivity index (χ3v) is 9.90. The van der Waals surface area contributed by atoms with Gasteiger partial charge in [-0.05, 0) is 58.1 Å². The van der Waals surface area contributed by atoms with Gasteiger partial charge in [-0.3, -0.25) is 0 Å². The SMILES string of the molecule is c1ccc(-c2ccc(-c3ccc(N(c4cccc5c4oc4ccccc45)c4cccc5c4oc4c(-c6ccccc6)cccc45)cc3)cc2)cc1. The first-order valence-electron chi connectivity index (χ1n) is 17.3. The van der Waals surface area contributed by atoms with Crippen molar-refractivity contribution in [3.05, 3.63) is 188 Å². The molecule has 0 aliphatic rings. The Labute approximate surface area is 295 Å². The molecule has 0 aliphatic heterocycles. The van der Waals surface area contributed by atoms with E-state index in [1.807, 2.05) is 24.3 Å². The second-order valence-electron chi connectivity index (χ2n) is 12.9. The molecule has 2 heterocycles. The van der Waals surface area contributed by atoms with Crippen molar-refractivity contribution >= 4 is 60.9 Å². The Morgan fingerprint density at radius 1 is 0.294 bits per heavy atom. The summed E-state index contributed by atoms with van der Waals surface area (Å²) in [6.45, 7) is 0. The highest BCUT2D eigenvalue weighted by Gasteiger charge is 2.24. The van der Waals surface area contributed by atoms with Gasteiger partial charge in [0.2, 0.25) is 0 Å². The smallest absolute Gasteiger partial charge is 0.159 e. The van der Waals surface area contributed by atoms with Gasteiger partial charge in [-0.15, -0.1) is 0 Å². The summed E-state index contributed by atoms with van der Waals surface area (Å²) in [6.07, 6.45) is 0. The van der Waals surface area contributed by atoms with E-state index < -0.39 is 0 Å². The molecule has 3 heteroatoms. The Kier molecular flexibility index (Phi) is 6.81. The molecule has 0 amide bonds. The Balaban J connectivity index is 1.16. The third-order valence-electron chi connectivity index (χ3n) is 9.90. The molecule has 0 saturated heterocycles. The predicted molar refractivity (Wildman–Crippen MR) is 212 cm³/mol. The standard InChI is InChI=1S/C48H31NO2/c1-3-12-32(13-4-1)33-24-26-34(27-25-33)35-28-30-37(31-29-35)49(43-21-10-19-40-39-16-7-8-23-45(39)50-47(40)43)44-22-11-20-42-41-18-9-17-38(46(41)51-48(42)44)36-14-5-2-6-15-36/h1-31H. The maximum atomic E-state index is 6.93. The van der Waals surface area contributed by atoms with Gasteiger partial charge in [-0.2, -0.15) is 0 Å². The highest BCUT2D eigenvalue weighted by atomic mass is 16.3. The van der Waals surface area contributed by atoms with Gasteiger partial charge in [-0.1, -0.05) is 158 Å². The molecule has 2 aromatic heterocycles. The van der Waals surface area contributed by atoms with Crippen LogP contribution in [0.15, 0.2) is 197 Å². The minimum Gasteiger partial charge on any atom is -0.454 e. The summed E-state index contributed by atoms with van der Waals surface area (Å²) >= 11 is 0. The van der Waals surface area contributed by atoms with Crippen molar-refractivity contribution in [2.75, 3.05) is 4.90 Å². The normalized spacial score (nSPS) is 11.5. The fourth-order valence-electron chi connectivity index (χ4n) is 7.43. The van der Waals surface area contributed by atoms with E-state index in [2.05, 4.69) is 169 Å². The molecule has 0 N–H and O–H groups in total. The molecule has 0 spiro atoms. The molecule has 0 atom stereocenters. The van der Waals surface area contributed by atoms with E-state index in [0.29, 0.717) is 0 Å². The van der Waals surface area contributed by atoms with Crippen LogP contribution in [0, 0.1) is 0 Å². The van der Waals surface area contributed by atoms with Gasteiger partial charge >= 0.3 is 0 Å². The lowest BCUT2D eigenvalue weighted by molar-refractivity contribution is 0.666. The summed E-state index contributed by atoms with van der Waals surface area (Å²) in [4.78, 5) is 2.28. The van der Waals surface area contributed by atoms with Crippen LogP contribution in [0.2, 0.25) is 0 Å². The van der Waals surface area contributed by atoms with E-state index >= 15 is 0 Å². The molecule has 3 nitrogen and oxygen atoms in total. The van der Waals surface area contributed by atoms with Gasteiger partial charge in [0.25, 0.3) is 0 Å². The van der Waals surface area contributed by atoms with Crippen LogP contribution >= 0.6 is 0 Å². The van der Waals surface area contributed by atoms with Gasteiger partial charge in [0, 0.05) is 32.8 Å². The van der Waals surface area contributed by atoms with E-state index in [0.717, 1.165) is 77.6 Å². The maximum Gasteiger partial charge on any atom is 0.159 e. The monoisotopic (exact) mass is 653 g/mol. The van der Waals surface area contributed by atoms with Crippen LogP contribution in [0.3, 0.4) is 0 Å². The second kappa shape index (κ2) is 11.9. The lowest BCUT2D eigenvalue weighted by atomic mass is 10.00. The van der Waals surface area contributed by atoms with Crippen LogP contribution in [0.4, 0.5) is 17.1 Å². The zero-order chi connectivity index (χ0) is 33.7. The lowest BCUT2D eigenvalue weighted by Crippen LogP contribution is -2.10. The van der Waals surface area contributed by atoms with Gasteiger partial charge in [0.1, 0.15) is 11.2 Å². The first-order valence-corrected chi connectivity index (χ1v) is 17.3. The van der Waals surface area contributed by atoms with Crippen molar-refractivity contribution in [3.63, 3.8) is 0 Å². The first-order chi connectivity index (χ1) is 25.3. The van der Waals surface area contributed by atoms with Crippen molar-refractivity contribution in [3.8, 4) is 33.4 Å². The third kappa shape index (κ3) is 4.90. The summed E-state index contributed by atoms with van der Waals surface area (Å²) < 4.78 is 13.6. The molecular weight excluding hydrogens is 623 g/mol. The minimum absolute atomic E-state index is 0.824. The molecule has 10 rings (SSSR count). The number of benzene rings is 8. The number of para-hydroxylation sites is 4. The molecule has 0 unspecified atom stereocenters. The summed E-state index contributed by atoms with van der Waals surface area (Å²) in [6, 6.07) is 66.0. The maximum absolute atomic E-state index is 6.93. The summed E-state index contributed by atoms with van der Waals surface area (Å²) in [5.74, 6) is 0. The molecule has 240 valence electrons. The Morgan fingerprint density at radius 2 is 0.745 bits per heavy atom. The fraction of sp³-hybridized carbons (Fsp3) is 0. The molecule has 0 aliphatic carbocycles. The molecular formula is C48H31NO2. The largest absolute Gasteiger partial charge is 0.454 e. The van der Waals surface area contributed by atoms with Crippen molar-refractivity contribution in [1.29, 1.82) is 0 Å². The molecule has 0 fully saturated rings. The molecule has 51 heavy (non-hydrogen) atoms. The van der Waals surface area contributed by atoms with Crippen molar-refractivity contribution in [2.45, 2.75) is 0 Å². The lowest BCUT2D eigenvalue weighted by Gasteiger charge is -2.25. The number of anilines is 3. The second-order valence-corrected chi connectivity index (χ2v) is 12.9. The number of fused-ring (bicyclic) bond motifs is 6. The predicted octanol–water partition coefficient (Wildman–Crippen LogP) is 14.0. The van der Waals surface area contributed by atoms with E-state index in [1.165, 1.54) is 16.7 Å². The zero-order valence-electron chi connectivity index (χ0n) is 27.7. The number of rotatable bonds is 6. The van der Waals surface area contributed by atoms with Crippen molar-refractivity contribution in [1.82, 2.24) is 0 Å². The zero-order valence-corrected chi connectivity index (χ0v) is 27.7. The van der Waals surface area contributed by atoms with Gasteiger partial charge in [-0.25, -0.2) is 0 Å². The quantitative estimate of drug-likeness (QED) is 0.179. The summed E-state index contributed by atoms with van der Waals surface area (Å²) in [5, 5.41) is 4.33. The topological polar surface area (TPSA) is 29.5 Å². The van der Waals surface area contributed by atoms with Crippen LogP contribution in [0.5, 0.6) is 0 Å². The number of furan rings is 2. The van der Waals surface area contributed by atoms with Gasteiger partial charge in [0.15, 0.2) is 11.2 Å². The van der Waals surface area contributed by atoms with Gasteiger partial charge in [0.05, 0.1) is 11.4 Å². The number of hydrogen-bond donors (Lipinski definition) is 0. The average Bonchev–Trinajstić information content (AvgIpc) is 3.79. The summed E-state index contributed by atoms with van der Waals surface area (Å²) in [5.41, 5.74) is 13.2. The number of nitrogens with zero attached hydrogens (tertiary/aromatic N) is 1. The molecule has 10 aromatic rings. The van der Waals surface area contributed by atoms with Crippen LogP contribution in [-0.2, 0) is 0 Å². The van der Waals surface area contributed by atoms with Crippen molar-refractivity contribution < 1.29 is 8.83 Å². The van der Waals surface area contributed by atoms with E-state index in [4.69, 9.17) is 8.83 Å². The molecule has 8 aromatic carbocycles. The van der Waals surface area contributed by atoms with E-state index in [9.17, 15) is 0 Å². The average molecular weight is 654 g/mol. The van der Waals surface area contributed by atoms with Crippen LogP contribution in [0.25, 0.3) is 77.3 Å². The summed E-state index contributed by atoms with van der Waals surface area (Å²) in [7, 11) is 0. The Bertz CT molecular complexity index is 2830. The highest BCUT2D eigenvalue weighted by Crippen LogP contribution is 2.47. The van der Waals surface area contributed by atoms with Crippen LogP contribution in [0.1, 0.15) is 0 Å². The molecule has 0 bridgehead atoms. The van der Waals surface area contributed by atoms with E-state index in [1.54, 1.807) is 0 Å². The Hall–Kier alpha value is -6.84. The first kappa shape index (κ1) is 29.1. The Morgan fingerprint density at radius 3 is 1.39 bits per heavy atom. The molecule has 0 saturated carbocycles. The number of hydrogen-bond acceptors (Lipinski definition) is 3. The minimum atomic E-state index is 0.824. The van der Waals surface area contributed by atoms with Crippen molar-refractivity contribution in [2.24, 2.45) is 0 Å². The fourth-order valence-corrected chi connectivity index (χ4v) is 7.43.